The van der Waals surface area contributed by atoms with Crippen molar-refractivity contribution in [1.82, 2.24) is 10.2 Å². The Morgan fingerprint density at radius 3 is 2.63 bits per heavy atom. The van der Waals surface area contributed by atoms with Crippen LogP contribution in [0.2, 0.25) is 0 Å². The molecule has 1 amide bonds. The predicted octanol–water partition coefficient (Wildman–Crippen LogP) is 4.06. The molecule has 0 bridgehead atoms. The second kappa shape index (κ2) is 8.18. The highest BCUT2D eigenvalue weighted by molar-refractivity contribution is 7.15. The van der Waals surface area contributed by atoms with E-state index in [9.17, 15) is 28.0 Å². The molecule has 0 fully saturated rings. The highest BCUT2D eigenvalue weighted by atomic mass is 32.1. The monoisotopic (exact) mass is 434 g/mol. The zero-order valence-corrected chi connectivity index (χ0v) is 15.4. The third-order valence-corrected chi connectivity index (χ3v) is 4.44. The summed E-state index contributed by atoms with van der Waals surface area (Å²) in [6.45, 7) is 0. The standard InChI is InChI=1S/C18H9F3N4O4S/c19-18(20,21)16-24-25-17(30-16)23-14(26)11(8-22)7-12-4-5-13(29-12)9-2-1-3-10(6-9)15(27)28/h1-7H,(H,27,28)(H,23,25,26)/b11-7-. The number of rotatable bonds is 5. The fourth-order valence-corrected chi connectivity index (χ4v) is 2.84. The van der Waals surface area contributed by atoms with E-state index in [0.717, 1.165) is 6.08 Å². The molecule has 0 unspecified atom stereocenters. The van der Waals surface area contributed by atoms with Gasteiger partial charge >= 0.3 is 12.1 Å². The van der Waals surface area contributed by atoms with Crippen LogP contribution in [-0.4, -0.2) is 27.2 Å². The van der Waals surface area contributed by atoms with Gasteiger partial charge in [0.2, 0.25) is 10.1 Å². The summed E-state index contributed by atoms with van der Waals surface area (Å²) in [6.07, 6.45) is -3.61. The number of nitrogens with zero attached hydrogens (tertiary/aromatic N) is 3. The molecule has 3 rings (SSSR count). The normalized spacial score (nSPS) is 11.7. The lowest BCUT2D eigenvalue weighted by molar-refractivity contribution is -0.138. The Bertz CT molecular complexity index is 1190. The lowest BCUT2D eigenvalue weighted by Crippen LogP contribution is -2.13. The number of benzene rings is 1. The number of nitrogens with one attached hydrogen (secondary N) is 1. The van der Waals surface area contributed by atoms with E-state index in [1.165, 1.54) is 30.3 Å². The van der Waals surface area contributed by atoms with Crippen LogP contribution in [0.4, 0.5) is 18.3 Å². The number of carboxylic acid groups (broad SMARTS) is 1. The first kappa shape index (κ1) is 20.7. The second-order valence-corrected chi connectivity index (χ2v) is 6.60. The summed E-state index contributed by atoms with van der Waals surface area (Å²) in [6, 6.07) is 10.5. The summed E-state index contributed by atoms with van der Waals surface area (Å²) in [4.78, 5) is 23.2. The van der Waals surface area contributed by atoms with Crippen LogP contribution in [0.3, 0.4) is 0 Å². The smallest absolute Gasteiger partial charge is 0.445 e. The number of aromatic carboxylic acids is 1. The Kier molecular flexibility index (Phi) is 5.65. The van der Waals surface area contributed by atoms with Crippen molar-refractivity contribution >= 4 is 34.4 Å². The second-order valence-electron chi connectivity index (χ2n) is 5.62. The van der Waals surface area contributed by atoms with E-state index in [0.29, 0.717) is 11.3 Å². The molecule has 0 saturated carbocycles. The van der Waals surface area contributed by atoms with Gasteiger partial charge in [0.25, 0.3) is 5.91 Å². The number of carboxylic acids is 1. The van der Waals surface area contributed by atoms with E-state index < -0.39 is 33.8 Å². The van der Waals surface area contributed by atoms with Crippen LogP contribution in [0.1, 0.15) is 21.1 Å². The van der Waals surface area contributed by atoms with Gasteiger partial charge in [-0.25, -0.2) is 4.79 Å². The van der Waals surface area contributed by atoms with Crippen molar-refractivity contribution in [3.8, 4) is 17.4 Å². The lowest BCUT2D eigenvalue weighted by Gasteiger charge is -2.00. The first-order valence-electron chi connectivity index (χ1n) is 7.95. The van der Waals surface area contributed by atoms with Gasteiger partial charge < -0.3 is 9.52 Å². The summed E-state index contributed by atoms with van der Waals surface area (Å²) in [5, 5.41) is 24.8. The number of furan rings is 1. The highest BCUT2D eigenvalue weighted by Gasteiger charge is 2.35. The Balaban J connectivity index is 1.79. The number of halogens is 3. The number of amides is 1. The molecule has 0 aliphatic heterocycles. The number of aromatic nitrogens is 2. The number of carbonyl (C=O) groups excluding carboxylic acids is 1. The maximum absolute atomic E-state index is 12.5. The third-order valence-electron chi connectivity index (χ3n) is 3.56. The zero-order valence-electron chi connectivity index (χ0n) is 14.6. The minimum absolute atomic E-state index is 0.0494. The van der Waals surface area contributed by atoms with Crippen LogP contribution in [0.15, 0.2) is 46.4 Å². The highest BCUT2D eigenvalue weighted by Crippen LogP contribution is 2.33. The van der Waals surface area contributed by atoms with Crippen LogP contribution in [0, 0.1) is 11.3 Å². The van der Waals surface area contributed by atoms with E-state index in [4.69, 9.17) is 9.52 Å². The molecular weight excluding hydrogens is 425 g/mol. The summed E-state index contributed by atoms with van der Waals surface area (Å²) in [7, 11) is 0. The molecule has 0 radical (unpaired) electrons. The number of hydrogen-bond acceptors (Lipinski definition) is 7. The largest absolute Gasteiger partial charge is 0.478 e. The molecule has 0 aliphatic carbocycles. The van der Waals surface area contributed by atoms with Gasteiger partial charge in [0.15, 0.2) is 0 Å². The van der Waals surface area contributed by atoms with Crippen LogP contribution >= 0.6 is 11.3 Å². The molecule has 12 heteroatoms. The maximum atomic E-state index is 12.5. The molecule has 0 aliphatic rings. The van der Waals surface area contributed by atoms with E-state index in [1.54, 1.807) is 12.1 Å². The molecule has 152 valence electrons. The van der Waals surface area contributed by atoms with Crippen LogP contribution in [-0.2, 0) is 11.0 Å². The summed E-state index contributed by atoms with van der Waals surface area (Å²) < 4.78 is 43.2. The van der Waals surface area contributed by atoms with Crippen molar-refractivity contribution in [3.05, 3.63) is 58.3 Å². The van der Waals surface area contributed by atoms with Gasteiger partial charge in [0.05, 0.1) is 5.56 Å². The zero-order chi connectivity index (χ0) is 21.9. The van der Waals surface area contributed by atoms with Gasteiger partial charge in [-0.2, -0.15) is 18.4 Å². The first-order chi connectivity index (χ1) is 14.2. The minimum atomic E-state index is -4.70. The number of alkyl halides is 3. The van der Waals surface area contributed by atoms with Crippen molar-refractivity contribution < 1.29 is 32.3 Å². The molecule has 8 nitrogen and oxygen atoms in total. The van der Waals surface area contributed by atoms with Crippen molar-refractivity contribution in [2.45, 2.75) is 6.18 Å². The van der Waals surface area contributed by atoms with Gasteiger partial charge in [-0.05, 0) is 24.3 Å². The van der Waals surface area contributed by atoms with Gasteiger partial charge in [-0.3, -0.25) is 10.1 Å². The number of nitriles is 1. The first-order valence-corrected chi connectivity index (χ1v) is 8.76. The van der Waals surface area contributed by atoms with E-state index in [2.05, 4.69) is 15.5 Å². The minimum Gasteiger partial charge on any atom is -0.478 e. The van der Waals surface area contributed by atoms with Crippen LogP contribution in [0.5, 0.6) is 0 Å². The van der Waals surface area contributed by atoms with Crippen molar-refractivity contribution in [2.75, 3.05) is 5.32 Å². The Hall–Kier alpha value is -3.98. The average Bonchev–Trinajstić information content (AvgIpc) is 3.35. The van der Waals surface area contributed by atoms with Gasteiger partial charge in [0.1, 0.15) is 23.2 Å². The van der Waals surface area contributed by atoms with Gasteiger partial charge in [-0.1, -0.05) is 23.5 Å². The molecule has 0 atom stereocenters. The van der Waals surface area contributed by atoms with Crippen LogP contribution in [0.25, 0.3) is 17.4 Å². The topological polar surface area (TPSA) is 129 Å². The molecule has 2 N–H and O–H groups in total. The number of carbonyl (C=O) groups is 2. The molecular formula is C18H9F3N4O4S. The van der Waals surface area contributed by atoms with Gasteiger partial charge in [0, 0.05) is 11.6 Å². The lowest BCUT2D eigenvalue weighted by atomic mass is 10.1. The molecule has 0 saturated heterocycles. The van der Waals surface area contributed by atoms with Crippen molar-refractivity contribution in [2.24, 2.45) is 0 Å². The van der Waals surface area contributed by atoms with E-state index in [-0.39, 0.29) is 22.7 Å². The number of hydrogen-bond donors (Lipinski definition) is 2. The third kappa shape index (κ3) is 4.70. The molecule has 30 heavy (non-hydrogen) atoms. The Morgan fingerprint density at radius 2 is 2.00 bits per heavy atom. The van der Waals surface area contributed by atoms with Gasteiger partial charge in [-0.15, -0.1) is 10.2 Å². The SMILES string of the molecule is N#C/C(=C/c1ccc(-c2cccc(C(=O)O)c2)o1)C(=O)Nc1nnc(C(F)(F)F)s1. The fourth-order valence-electron chi connectivity index (χ4n) is 2.23. The fraction of sp³-hybridized carbons (Fsp3) is 0.0556. The summed E-state index contributed by atoms with van der Waals surface area (Å²) >= 11 is 0.120. The maximum Gasteiger partial charge on any atom is 0.445 e. The molecule has 2 aromatic heterocycles. The number of anilines is 1. The molecule has 3 aromatic rings. The Morgan fingerprint density at radius 1 is 1.23 bits per heavy atom. The predicted molar refractivity (Wildman–Crippen MR) is 98.2 cm³/mol. The van der Waals surface area contributed by atoms with E-state index >= 15 is 0 Å². The molecule has 2 heterocycles. The average molecular weight is 434 g/mol. The van der Waals surface area contributed by atoms with E-state index in [1.807, 2.05) is 0 Å². The van der Waals surface area contributed by atoms with Crippen LogP contribution < -0.4 is 5.32 Å². The molecule has 0 spiro atoms. The van der Waals surface area contributed by atoms with Crippen molar-refractivity contribution in [3.63, 3.8) is 0 Å². The summed E-state index contributed by atoms with van der Waals surface area (Å²) in [5.41, 5.74) is 0.0679. The summed E-state index contributed by atoms with van der Waals surface area (Å²) in [5.74, 6) is -1.71. The molecule has 1 aromatic carbocycles. The Labute approximate surface area is 169 Å². The quantitative estimate of drug-likeness (QED) is 0.458. The van der Waals surface area contributed by atoms with Crippen molar-refractivity contribution in [1.29, 1.82) is 5.26 Å².